The van der Waals surface area contributed by atoms with Crippen molar-refractivity contribution in [2.24, 2.45) is 0 Å². The van der Waals surface area contributed by atoms with Crippen LogP contribution in [0, 0.1) is 18.6 Å². The maximum absolute atomic E-state index is 15.0. The van der Waals surface area contributed by atoms with Crippen molar-refractivity contribution in [1.29, 1.82) is 0 Å². The van der Waals surface area contributed by atoms with E-state index < -0.39 is 17.2 Å². The van der Waals surface area contributed by atoms with Crippen LogP contribution in [0.3, 0.4) is 0 Å². The van der Waals surface area contributed by atoms with E-state index in [1.807, 2.05) is 18.0 Å². The predicted octanol–water partition coefficient (Wildman–Crippen LogP) is 1.98. The second-order valence-corrected chi connectivity index (χ2v) is 7.98. The van der Waals surface area contributed by atoms with Crippen LogP contribution >= 0.6 is 0 Å². The summed E-state index contributed by atoms with van der Waals surface area (Å²) in [5.41, 5.74) is 0.566. The molecule has 2 N–H and O–H groups in total. The van der Waals surface area contributed by atoms with Crippen LogP contribution in [-0.4, -0.2) is 59.0 Å². The Balaban J connectivity index is 1.49. The van der Waals surface area contributed by atoms with Crippen LogP contribution in [0.4, 0.5) is 14.5 Å². The smallest absolute Gasteiger partial charge is 0.269 e. The number of carbonyl (C=O) groups is 1. The number of carbonyl (C=O) groups excluding carboxylic acids is 1. The van der Waals surface area contributed by atoms with Gasteiger partial charge in [0.15, 0.2) is 11.6 Å². The van der Waals surface area contributed by atoms with Crippen LogP contribution in [0.1, 0.15) is 28.2 Å². The molecule has 168 valence electrons. The number of likely N-dealkylation sites (N-methyl/N-ethyl adjacent to an activating group) is 1. The molecule has 0 aliphatic carbocycles. The van der Waals surface area contributed by atoms with E-state index >= 15 is 4.39 Å². The van der Waals surface area contributed by atoms with Crippen LogP contribution in [-0.2, 0) is 6.54 Å². The lowest BCUT2D eigenvalue weighted by molar-refractivity contribution is 0.0958. The number of H-pyrrole nitrogens is 1. The summed E-state index contributed by atoms with van der Waals surface area (Å²) in [6.07, 6.45) is 2.49. The average molecular weight is 442 g/mol. The van der Waals surface area contributed by atoms with Gasteiger partial charge in [-0.3, -0.25) is 14.5 Å². The molecular weight excluding hydrogens is 418 g/mol. The zero-order chi connectivity index (χ0) is 23.0. The number of aryl methyl sites for hydroxylation is 1. The van der Waals surface area contributed by atoms with Crippen LogP contribution in [0.15, 0.2) is 29.2 Å². The number of likely N-dealkylation sites (tertiary alicyclic amines) is 1. The van der Waals surface area contributed by atoms with E-state index in [4.69, 9.17) is 0 Å². The first-order chi connectivity index (χ1) is 15.3. The molecule has 0 saturated carbocycles. The fraction of sp³-hybridized carbons (Fsp3) is 0.364. The molecule has 1 unspecified atom stereocenters. The largest absolute Gasteiger partial charge is 0.369 e. The quantitative estimate of drug-likeness (QED) is 0.628. The Morgan fingerprint density at radius 1 is 1.38 bits per heavy atom. The highest BCUT2D eigenvalue weighted by molar-refractivity contribution is 5.92. The van der Waals surface area contributed by atoms with E-state index in [-0.39, 0.29) is 40.8 Å². The number of nitrogens with zero attached hydrogens (tertiary/aromatic N) is 4. The SMILES string of the molecule is CNC(=O)c1ccc(N(C)C2CCN(Cc3cc(F)c4nc(C)c(=O)[nH]c4c3F)C2)cn1. The summed E-state index contributed by atoms with van der Waals surface area (Å²) < 4.78 is 29.6. The monoisotopic (exact) mass is 442 g/mol. The molecule has 32 heavy (non-hydrogen) atoms. The zero-order valence-electron chi connectivity index (χ0n) is 18.1. The third-order valence-corrected chi connectivity index (χ3v) is 5.92. The van der Waals surface area contributed by atoms with E-state index in [2.05, 4.69) is 25.2 Å². The predicted molar refractivity (Wildman–Crippen MR) is 117 cm³/mol. The summed E-state index contributed by atoms with van der Waals surface area (Å²) in [5, 5.41) is 2.54. The fourth-order valence-corrected chi connectivity index (χ4v) is 4.01. The van der Waals surface area contributed by atoms with Crippen molar-refractivity contribution in [1.82, 2.24) is 25.2 Å². The number of pyridine rings is 1. The van der Waals surface area contributed by atoms with Crippen LogP contribution in [0.2, 0.25) is 0 Å². The van der Waals surface area contributed by atoms with Gasteiger partial charge < -0.3 is 15.2 Å². The number of amides is 1. The highest BCUT2D eigenvalue weighted by Crippen LogP contribution is 2.26. The van der Waals surface area contributed by atoms with Gasteiger partial charge in [-0.05, 0) is 31.5 Å². The lowest BCUT2D eigenvalue weighted by Crippen LogP contribution is -2.34. The number of aromatic nitrogens is 3. The zero-order valence-corrected chi connectivity index (χ0v) is 18.1. The molecule has 1 aliphatic heterocycles. The third-order valence-electron chi connectivity index (χ3n) is 5.92. The van der Waals surface area contributed by atoms with Gasteiger partial charge in [-0.25, -0.2) is 18.7 Å². The molecule has 2 aromatic heterocycles. The van der Waals surface area contributed by atoms with E-state index in [1.165, 1.54) is 6.92 Å². The molecule has 0 radical (unpaired) electrons. The number of anilines is 1. The van der Waals surface area contributed by atoms with Gasteiger partial charge in [0.25, 0.3) is 11.5 Å². The molecule has 3 aromatic rings. The van der Waals surface area contributed by atoms with Gasteiger partial charge >= 0.3 is 0 Å². The van der Waals surface area contributed by atoms with Crippen molar-refractivity contribution in [3.8, 4) is 0 Å². The molecule has 1 aliphatic rings. The number of hydrogen-bond donors (Lipinski definition) is 2. The highest BCUT2D eigenvalue weighted by atomic mass is 19.1. The minimum Gasteiger partial charge on any atom is -0.369 e. The Hall–Kier alpha value is -3.40. The number of rotatable bonds is 5. The van der Waals surface area contributed by atoms with Crippen LogP contribution < -0.4 is 15.8 Å². The summed E-state index contributed by atoms with van der Waals surface area (Å²) in [6.45, 7) is 3.02. The Morgan fingerprint density at radius 3 is 2.84 bits per heavy atom. The number of halogens is 2. The van der Waals surface area contributed by atoms with Crippen molar-refractivity contribution in [2.45, 2.75) is 25.9 Å². The Kier molecular flexibility index (Phi) is 5.88. The molecule has 0 spiro atoms. The Bertz CT molecular complexity index is 1230. The van der Waals surface area contributed by atoms with Crippen molar-refractivity contribution in [2.75, 3.05) is 32.1 Å². The number of nitrogens with one attached hydrogen (secondary N) is 2. The second-order valence-electron chi connectivity index (χ2n) is 7.98. The average Bonchev–Trinajstić information content (AvgIpc) is 3.26. The van der Waals surface area contributed by atoms with Crippen molar-refractivity contribution >= 4 is 22.6 Å². The first-order valence-corrected chi connectivity index (χ1v) is 10.3. The molecule has 3 heterocycles. The first kappa shape index (κ1) is 21.8. The molecular formula is C22H24F2N6O2. The van der Waals surface area contributed by atoms with E-state index in [1.54, 1.807) is 19.3 Å². The Labute approximate surface area is 183 Å². The van der Waals surface area contributed by atoms with Gasteiger partial charge in [0.05, 0.1) is 11.9 Å². The maximum atomic E-state index is 15.0. The van der Waals surface area contributed by atoms with Gasteiger partial charge in [-0.1, -0.05) is 0 Å². The molecule has 4 rings (SSSR count). The fourth-order valence-electron chi connectivity index (χ4n) is 4.01. The minimum atomic E-state index is -0.661. The van der Waals surface area contributed by atoms with Gasteiger partial charge in [0, 0.05) is 45.3 Å². The standard InChI is InChI=1S/C22H24F2N6O2/c1-12-21(31)28-20-18(24)13(8-16(23)19(20)27-12)10-30-7-6-15(11-30)29(3)14-4-5-17(26-9-14)22(32)25-2/h4-5,8-9,15H,6-7,10-11H2,1-3H3,(H,25,32)(H,28,31). The molecule has 1 fully saturated rings. The number of hydrogen-bond acceptors (Lipinski definition) is 6. The number of fused-ring (bicyclic) bond motifs is 1. The molecule has 1 atom stereocenters. The molecule has 0 bridgehead atoms. The lowest BCUT2D eigenvalue weighted by atomic mass is 10.1. The Morgan fingerprint density at radius 2 is 2.16 bits per heavy atom. The van der Waals surface area contributed by atoms with Gasteiger partial charge in [-0.2, -0.15) is 0 Å². The van der Waals surface area contributed by atoms with E-state index in [9.17, 15) is 14.0 Å². The second kappa shape index (κ2) is 8.62. The normalized spacial score (nSPS) is 16.5. The first-order valence-electron chi connectivity index (χ1n) is 10.3. The summed E-state index contributed by atoms with van der Waals surface area (Å²) >= 11 is 0. The molecule has 1 saturated heterocycles. The molecule has 1 amide bonds. The van der Waals surface area contributed by atoms with Crippen molar-refractivity contribution in [3.63, 3.8) is 0 Å². The van der Waals surface area contributed by atoms with E-state index in [0.717, 1.165) is 18.2 Å². The molecule has 10 heteroatoms. The van der Waals surface area contributed by atoms with Crippen LogP contribution in [0.25, 0.3) is 11.0 Å². The number of aromatic amines is 1. The summed E-state index contributed by atoms with van der Waals surface area (Å²) in [6, 6.07) is 4.81. The van der Waals surface area contributed by atoms with Gasteiger partial charge in [-0.15, -0.1) is 0 Å². The molecule has 1 aromatic carbocycles. The van der Waals surface area contributed by atoms with Crippen LogP contribution in [0.5, 0.6) is 0 Å². The topological polar surface area (TPSA) is 94.2 Å². The number of benzene rings is 1. The highest BCUT2D eigenvalue weighted by Gasteiger charge is 2.27. The maximum Gasteiger partial charge on any atom is 0.269 e. The summed E-state index contributed by atoms with van der Waals surface area (Å²) in [5.74, 6) is -1.56. The van der Waals surface area contributed by atoms with E-state index in [0.29, 0.717) is 18.8 Å². The van der Waals surface area contributed by atoms with Gasteiger partial charge in [0.2, 0.25) is 0 Å². The molecule has 8 nitrogen and oxygen atoms in total. The minimum absolute atomic E-state index is 0.0896. The third kappa shape index (κ3) is 4.05. The van der Waals surface area contributed by atoms with Crippen molar-refractivity contribution < 1.29 is 13.6 Å². The summed E-state index contributed by atoms with van der Waals surface area (Å²) in [4.78, 5) is 38.1. The van der Waals surface area contributed by atoms with Gasteiger partial charge in [0.1, 0.15) is 22.4 Å². The lowest BCUT2D eigenvalue weighted by Gasteiger charge is -2.27. The van der Waals surface area contributed by atoms with Crippen molar-refractivity contribution in [3.05, 3.63) is 63.3 Å². The summed E-state index contributed by atoms with van der Waals surface area (Å²) in [7, 11) is 3.50.